The lowest BCUT2D eigenvalue weighted by atomic mass is 9.97. The van der Waals surface area contributed by atoms with Gasteiger partial charge in [0.2, 0.25) is 15.9 Å². The third-order valence-electron chi connectivity index (χ3n) is 4.01. The molecule has 0 spiro atoms. The molecule has 1 amide bonds. The first-order valence-electron chi connectivity index (χ1n) is 7.97. The van der Waals surface area contributed by atoms with Crippen molar-refractivity contribution in [3.8, 4) is 0 Å². The molecule has 2 rings (SSSR count). The van der Waals surface area contributed by atoms with Crippen molar-refractivity contribution in [3.63, 3.8) is 0 Å². The Kier molecular flexibility index (Phi) is 5.63. The zero-order valence-corrected chi connectivity index (χ0v) is 15.0. The van der Waals surface area contributed by atoms with E-state index in [0.29, 0.717) is 25.1 Å². The highest BCUT2D eigenvalue weighted by Crippen LogP contribution is 2.33. The number of carbonyl (C=O) groups is 1. The maximum Gasteiger partial charge on any atom is 0.293 e. The van der Waals surface area contributed by atoms with Crippen LogP contribution < -0.4 is 15.4 Å². The third-order valence-corrected chi connectivity index (χ3v) is 5.67. The zero-order valence-electron chi connectivity index (χ0n) is 14.1. The molecule has 0 saturated carbocycles. The highest BCUT2D eigenvalue weighted by atomic mass is 32.2. The summed E-state index contributed by atoms with van der Waals surface area (Å²) < 4.78 is 26.9. The maximum atomic E-state index is 12.2. The van der Waals surface area contributed by atoms with Gasteiger partial charge in [-0.25, -0.2) is 13.1 Å². The van der Waals surface area contributed by atoms with Gasteiger partial charge >= 0.3 is 0 Å². The Morgan fingerprint density at radius 1 is 1.44 bits per heavy atom. The number of nitro groups is 1. The lowest BCUT2D eigenvalue weighted by Crippen LogP contribution is -2.41. The summed E-state index contributed by atoms with van der Waals surface area (Å²) in [5, 5.41) is 11.5. The number of sulfonamides is 1. The average Bonchev–Trinajstić information content (AvgIpc) is 2.53. The van der Waals surface area contributed by atoms with Crippen LogP contribution in [0.1, 0.15) is 26.7 Å². The summed E-state index contributed by atoms with van der Waals surface area (Å²) in [6, 6.07) is 3.47. The summed E-state index contributed by atoms with van der Waals surface area (Å²) in [6.45, 7) is 4.16. The number of hydrogen-bond donors (Lipinski definition) is 2. The number of nitrogens with zero attached hydrogens (tertiary/aromatic N) is 2. The van der Waals surface area contributed by atoms with Crippen LogP contribution in [0.25, 0.3) is 0 Å². The molecule has 1 aliphatic rings. The molecular weight excluding hydrogens is 348 g/mol. The second kappa shape index (κ2) is 7.36. The standard InChI is InChI=1S/C15H22N4O5S/c1-10(2)17-25(23,24)12-5-6-13(14(8-12)19(21)22)18-7-3-4-11(9-18)15(16)20/h5-6,8,10-11,17H,3-4,7,9H2,1-2H3,(H2,16,20)/t11-/m1/s1. The number of carbonyl (C=O) groups excluding carboxylic acids is 1. The van der Waals surface area contributed by atoms with E-state index >= 15 is 0 Å². The van der Waals surface area contributed by atoms with E-state index in [2.05, 4.69) is 4.72 Å². The Bertz CT molecular complexity index is 778. The molecule has 0 bridgehead atoms. The topological polar surface area (TPSA) is 136 Å². The van der Waals surface area contributed by atoms with Crippen molar-refractivity contribution in [2.75, 3.05) is 18.0 Å². The van der Waals surface area contributed by atoms with Crippen molar-refractivity contribution < 1.29 is 18.1 Å². The van der Waals surface area contributed by atoms with Crippen LogP contribution in [-0.2, 0) is 14.8 Å². The van der Waals surface area contributed by atoms with Crippen molar-refractivity contribution in [1.82, 2.24) is 4.72 Å². The molecule has 9 nitrogen and oxygen atoms in total. The molecule has 1 saturated heterocycles. The van der Waals surface area contributed by atoms with E-state index in [9.17, 15) is 23.3 Å². The molecule has 1 aromatic carbocycles. The molecule has 1 atom stereocenters. The van der Waals surface area contributed by atoms with Crippen LogP contribution in [0, 0.1) is 16.0 Å². The monoisotopic (exact) mass is 370 g/mol. The van der Waals surface area contributed by atoms with Crippen molar-refractivity contribution in [1.29, 1.82) is 0 Å². The highest BCUT2D eigenvalue weighted by Gasteiger charge is 2.29. The van der Waals surface area contributed by atoms with Gasteiger partial charge < -0.3 is 10.6 Å². The first kappa shape index (κ1) is 19.1. The molecule has 0 aliphatic carbocycles. The molecule has 25 heavy (non-hydrogen) atoms. The van der Waals surface area contributed by atoms with E-state index in [4.69, 9.17) is 5.73 Å². The lowest BCUT2D eigenvalue weighted by molar-refractivity contribution is -0.384. The van der Waals surface area contributed by atoms with Gasteiger partial charge in [0.15, 0.2) is 0 Å². The Morgan fingerprint density at radius 2 is 2.12 bits per heavy atom. The normalized spacial score (nSPS) is 18.4. The fourth-order valence-corrected chi connectivity index (χ4v) is 4.16. The van der Waals surface area contributed by atoms with Crippen molar-refractivity contribution >= 4 is 27.3 Å². The van der Waals surface area contributed by atoms with E-state index < -0.39 is 20.9 Å². The Labute approximate surface area is 146 Å². The summed E-state index contributed by atoms with van der Waals surface area (Å²) in [5.74, 6) is -0.813. The van der Waals surface area contributed by atoms with Crippen molar-refractivity contribution in [2.24, 2.45) is 11.7 Å². The maximum absolute atomic E-state index is 12.2. The molecule has 10 heteroatoms. The van der Waals surface area contributed by atoms with Gasteiger partial charge in [-0.05, 0) is 38.8 Å². The number of rotatable bonds is 6. The third kappa shape index (κ3) is 4.45. The molecular formula is C15H22N4O5S. The number of anilines is 1. The van der Waals surface area contributed by atoms with Gasteiger partial charge in [0.1, 0.15) is 5.69 Å². The van der Waals surface area contributed by atoms with Crippen LogP contribution >= 0.6 is 0 Å². The second-order valence-electron chi connectivity index (χ2n) is 6.37. The van der Waals surface area contributed by atoms with Crippen LogP contribution in [0.3, 0.4) is 0 Å². The Balaban J connectivity index is 2.40. The minimum absolute atomic E-state index is 0.167. The Hall–Kier alpha value is -2.20. The van der Waals surface area contributed by atoms with Gasteiger partial charge in [0, 0.05) is 25.2 Å². The predicted molar refractivity (Wildman–Crippen MR) is 92.7 cm³/mol. The summed E-state index contributed by atoms with van der Waals surface area (Å²) >= 11 is 0. The van der Waals surface area contributed by atoms with E-state index in [1.54, 1.807) is 18.7 Å². The number of hydrogen-bond acceptors (Lipinski definition) is 6. The minimum Gasteiger partial charge on any atom is -0.369 e. The molecule has 138 valence electrons. The summed E-state index contributed by atoms with van der Waals surface area (Å²) in [6.07, 6.45) is 1.32. The van der Waals surface area contributed by atoms with Crippen LogP contribution in [0.4, 0.5) is 11.4 Å². The van der Waals surface area contributed by atoms with Crippen LogP contribution in [-0.4, -0.2) is 38.4 Å². The van der Waals surface area contributed by atoms with E-state index in [-0.39, 0.29) is 29.1 Å². The molecule has 1 aromatic rings. The van der Waals surface area contributed by atoms with Gasteiger partial charge in [0.05, 0.1) is 15.7 Å². The minimum atomic E-state index is -3.83. The largest absolute Gasteiger partial charge is 0.369 e. The van der Waals surface area contributed by atoms with Gasteiger partial charge in [0.25, 0.3) is 5.69 Å². The van der Waals surface area contributed by atoms with E-state index in [1.807, 2.05) is 0 Å². The Morgan fingerprint density at radius 3 is 2.68 bits per heavy atom. The van der Waals surface area contributed by atoms with Gasteiger partial charge in [-0.2, -0.15) is 0 Å². The quantitative estimate of drug-likeness (QED) is 0.566. The van der Waals surface area contributed by atoms with Gasteiger partial charge in [-0.15, -0.1) is 0 Å². The van der Waals surface area contributed by atoms with Gasteiger partial charge in [-0.1, -0.05) is 0 Å². The van der Waals surface area contributed by atoms with Crippen LogP contribution in [0.5, 0.6) is 0 Å². The molecule has 0 radical (unpaired) electrons. The number of amides is 1. The molecule has 1 heterocycles. The average molecular weight is 370 g/mol. The van der Waals surface area contributed by atoms with E-state index in [0.717, 1.165) is 6.07 Å². The number of primary amides is 1. The molecule has 0 aromatic heterocycles. The fourth-order valence-electron chi connectivity index (χ4n) is 2.89. The second-order valence-corrected chi connectivity index (χ2v) is 8.09. The smallest absolute Gasteiger partial charge is 0.293 e. The number of nitro benzene ring substituents is 1. The number of piperidine rings is 1. The molecule has 1 aliphatic heterocycles. The first-order valence-corrected chi connectivity index (χ1v) is 9.45. The van der Waals surface area contributed by atoms with Crippen molar-refractivity contribution in [2.45, 2.75) is 37.6 Å². The highest BCUT2D eigenvalue weighted by molar-refractivity contribution is 7.89. The number of benzene rings is 1. The summed E-state index contributed by atoms with van der Waals surface area (Å²) in [7, 11) is -3.83. The predicted octanol–water partition coefficient (Wildman–Crippen LogP) is 0.983. The van der Waals surface area contributed by atoms with Gasteiger partial charge in [-0.3, -0.25) is 14.9 Å². The first-order chi connectivity index (χ1) is 11.6. The van der Waals surface area contributed by atoms with Crippen molar-refractivity contribution in [3.05, 3.63) is 28.3 Å². The molecule has 3 N–H and O–H groups in total. The number of nitrogens with two attached hydrogens (primary N) is 1. The zero-order chi connectivity index (χ0) is 18.8. The van der Waals surface area contributed by atoms with Crippen LogP contribution in [0.15, 0.2) is 23.1 Å². The molecule has 0 unspecified atom stereocenters. The molecule has 1 fully saturated rings. The fraction of sp³-hybridized carbons (Fsp3) is 0.533. The lowest BCUT2D eigenvalue weighted by Gasteiger charge is -2.32. The number of nitrogens with one attached hydrogen (secondary N) is 1. The van der Waals surface area contributed by atoms with E-state index in [1.165, 1.54) is 12.1 Å². The van der Waals surface area contributed by atoms with Crippen LogP contribution in [0.2, 0.25) is 0 Å². The summed E-state index contributed by atoms with van der Waals surface area (Å²) in [4.78, 5) is 23.8. The SMILES string of the molecule is CC(C)NS(=O)(=O)c1ccc(N2CCC[C@@H](C(N)=O)C2)c([N+](=O)[O-])c1. The summed E-state index contributed by atoms with van der Waals surface area (Å²) in [5.41, 5.74) is 5.33.